The van der Waals surface area contributed by atoms with Crippen LogP contribution in [0.3, 0.4) is 0 Å². The van der Waals surface area contributed by atoms with E-state index in [1.807, 2.05) is 0 Å². The molecule has 0 heterocycles. The molecule has 0 saturated heterocycles. The molecular formula is C20H18O8. The lowest BCUT2D eigenvalue weighted by atomic mass is 10.1. The van der Waals surface area contributed by atoms with Gasteiger partial charge in [-0.25, -0.2) is 9.59 Å². The molecule has 0 amide bonds. The van der Waals surface area contributed by atoms with E-state index >= 15 is 0 Å². The minimum atomic E-state index is -1.13. The quantitative estimate of drug-likeness (QED) is 0.367. The molecular weight excluding hydrogens is 368 g/mol. The molecule has 8 heteroatoms. The summed E-state index contributed by atoms with van der Waals surface area (Å²) in [4.78, 5) is 20.8. The minimum absolute atomic E-state index is 0.0186. The molecule has 0 bridgehead atoms. The molecule has 3 rings (SSSR count). The van der Waals surface area contributed by atoms with Gasteiger partial charge in [-0.15, -0.1) is 0 Å². The summed E-state index contributed by atoms with van der Waals surface area (Å²) in [5, 5.41) is 51.6. The number of phenolic OH excluding ortho intramolecular Hbond substituents is 4. The summed E-state index contributed by atoms with van der Waals surface area (Å²) in [5.74, 6) is -1.58. The molecule has 0 unspecified atom stereocenters. The van der Waals surface area contributed by atoms with E-state index in [2.05, 4.69) is 0 Å². The first-order valence-electron chi connectivity index (χ1n) is 7.71. The standard InChI is InChI=1S/C8H6O4.2C6H6O2/c9-7(10)5-2-1-3-6(4-5)8(11)12;2*7-5-1-2-6(8)4-3-5/h1-4H,(H,9,10)(H,11,12);2*1-4,7-8H. The Labute approximate surface area is 159 Å². The lowest BCUT2D eigenvalue weighted by molar-refractivity contribution is 0.0696. The van der Waals surface area contributed by atoms with Gasteiger partial charge in [-0.05, 0) is 66.7 Å². The molecule has 0 radical (unpaired) electrons. The van der Waals surface area contributed by atoms with Crippen molar-refractivity contribution in [2.75, 3.05) is 0 Å². The number of hydrogen-bond donors (Lipinski definition) is 6. The summed E-state index contributed by atoms with van der Waals surface area (Å²) in [6.45, 7) is 0. The van der Waals surface area contributed by atoms with Gasteiger partial charge < -0.3 is 30.6 Å². The molecule has 3 aromatic rings. The van der Waals surface area contributed by atoms with Crippen LogP contribution in [-0.2, 0) is 0 Å². The van der Waals surface area contributed by atoms with Gasteiger partial charge >= 0.3 is 11.9 Å². The van der Waals surface area contributed by atoms with E-state index in [4.69, 9.17) is 30.6 Å². The fourth-order valence-corrected chi connectivity index (χ4v) is 1.69. The Hall–Kier alpha value is -4.20. The predicted molar refractivity (Wildman–Crippen MR) is 99.9 cm³/mol. The van der Waals surface area contributed by atoms with Crippen molar-refractivity contribution in [2.45, 2.75) is 0 Å². The van der Waals surface area contributed by atoms with Crippen LogP contribution >= 0.6 is 0 Å². The number of carboxylic acid groups (broad SMARTS) is 2. The van der Waals surface area contributed by atoms with Crippen LogP contribution in [0.4, 0.5) is 0 Å². The monoisotopic (exact) mass is 386 g/mol. The molecule has 8 nitrogen and oxygen atoms in total. The van der Waals surface area contributed by atoms with Crippen molar-refractivity contribution >= 4 is 11.9 Å². The van der Waals surface area contributed by atoms with Gasteiger partial charge in [0, 0.05) is 0 Å². The fourth-order valence-electron chi connectivity index (χ4n) is 1.69. The van der Waals surface area contributed by atoms with Crippen LogP contribution in [-0.4, -0.2) is 42.6 Å². The van der Waals surface area contributed by atoms with Crippen molar-refractivity contribution in [2.24, 2.45) is 0 Å². The van der Waals surface area contributed by atoms with Crippen molar-refractivity contribution in [3.63, 3.8) is 0 Å². The fraction of sp³-hybridized carbons (Fsp3) is 0. The molecule has 0 atom stereocenters. The minimum Gasteiger partial charge on any atom is -0.508 e. The number of rotatable bonds is 2. The summed E-state index contributed by atoms with van der Waals surface area (Å²) in [7, 11) is 0. The average molecular weight is 386 g/mol. The first kappa shape index (κ1) is 21.8. The average Bonchev–Trinajstić information content (AvgIpc) is 2.67. The smallest absolute Gasteiger partial charge is 0.335 e. The van der Waals surface area contributed by atoms with Gasteiger partial charge in [0.05, 0.1) is 11.1 Å². The second kappa shape index (κ2) is 10.7. The third-order valence-corrected chi connectivity index (χ3v) is 3.06. The first-order valence-corrected chi connectivity index (χ1v) is 7.71. The molecule has 3 aromatic carbocycles. The summed E-state index contributed by atoms with van der Waals surface area (Å²) in [6.07, 6.45) is 0. The van der Waals surface area contributed by atoms with Crippen LogP contribution in [0.5, 0.6) is 23.0 Å². The molecule has 146 valence electrons. The van der Waals surface area contributed by atoms with E-state index in [-0.39, 0.29) is 34.1 Å². The SMILES string of the molecule is O=C(O)c1cccc(C(=O)O)c1.Oc1ccc(O)cc1.Oc1ccc(O)cc1. The van der Waals surface area contributed by atoms with Gasteiger partial charge in [-0.1, -0.05) is 6.07 Å². The molecule has 28 heavy (non-hydrogen) atoms. The van der Waals surface area contributed by atoms with Crippen LogP contribution in [0.25, 0.3) is 0 Å². The number of phenols is 4. The van der Waals surface area contributed by atoms with Gasteiger partial charge in [0.25, 0.3) is 0 Å². The lowest BCUT2D eigenvalue weighted by Crippen LogP contribution is -2.01. The maximum absolute atomic E-state index is 10.4. The van der Waals surface area contributed by atoms with Crippen molar-refractivity contribution < 1.29 is 40.2 Å². The Balaban J connectivity index is 0.000000217. The van der Waals surface area contributed by atoms with Crippen molar-refractivity contribution in [1.82, 2.24) is 0 Å². The van der Waals surface area contributed by atoms with Crippen LogP contribution in [0.2, 0.25) is 0 Å². The Morgan fingerprint density at radius 2 is 0.750 bits per heavy atom. The summed E-state index contributed by atoms with van der Waals surface area (Å²) in [5.41, 5.74) is -0.0372. The Morgan fingerprint density at radius 1 is 0.500 bits per heavy atom. The second-order valence-electron chi connectivity index (χ2n) is 5.22. The largest absolute Gasteiger partial charge is 0.508 e. The van der Waals surface area contributed by atoms with Crippen LogP contribution in [0.1, 0.15) is 20.7 Å². The van der Waals surface area contributed by atoms with E-state index < -0.39 is 11.9 Å². The third-order valence-electron chi connectivity index (χ3n) is 3.06. The highest BCUT2D eigenvalue weighted by Crippen LogP contribution is 2.13. The Morgan fingerprint density at radius 3 is 0.964 bits per heavy atom. The van der Waals surface area contributed by atoms with Crippen LogP contribution < -0.4 is 0 Å². The zero-order valence-electron chi connectivity index (χ0n) is 14.4. The number of carboxylic acids is 2. The third kappa shape index (κ3) is 8.26. The Bertz CT molecular complexity index is 787. The molecule has 0 fully saturated rings. The topological polar surface area (TPSA) is 156 Å². The van der Waals surface area contributed by atoms with Gasteiger partial charge in [0.1, 0.15) is 23.0 Å². The zero-order chi connectivity index (χ0) is 21.1. The molecule has 0 aliphatic rings. The molecule has 0 aliphatic carbocycles. The highest BCUT2D eigenvalue weighted by Gasteiger charge is 2.06. The van der Waals surface area contributed by atoms with E-state index in [1.54, 1.807) is 0 Å². The number of aromatic hydroxyl groups is 4. The predicted octanol–water partition coefficient (Wildman–Crippen LogP) is 3.28. The second-order valence-corrected chi connectivity index (χ2v) is 5.22. The summed E-state index contributed by atoms with van der Waals surface area (Å²) < 4.78 is 0. The maximum Gasteiger partial charge on any atom is 0.335 e. The molecule has 0 aliphatic heterocycles. The number of carbonyl (C=O) groups is 2. The van der Waals surface area contributed by atoms with Gasteiger partial charge in [0.2, 0.25) is 0 Å². The van der Waals surface area contributed by atoms with Crippen molar-refractivity contribution in [3.05, 3.63) is 83.9 Å². The first-order chi connectivity index (χ1) is 13.2. The molecule has 0 spiro atoms. The Kier molecular flexibility index (Phi) is 8.36. The van der Waals surface area contributed by atoms with Crippen molar-refractivity contribution in [1.29, 1.82) is 0 Å². The van der Waals surface area contributed by atoms with Crippen molar-refractivity contribution in [3.8, 4) is 23.0 Å². The molecule has 6 N–H and O–H groups in total. The molecule has 0 aromatic heterocycles. The highest BCUT2D eigenvalue weighted by atomic mass is 16.4. The number of hydrogen-bond acceptors (Lipinski definition) is 6. The van der Waals surface area contributed by atoms with Gasteiger partial charge in [-0.2, -0.15) is 0 Å². The van der Waals surface area contributed by atoms with E-state index in [0.29, 0.717) is 0 Å². The lowest BCUT2D eigenvalue weighted by Gasteiger charge is -1.95. The molecule has 0 saturated carbocycles. The van der Waals surface area contributed by atoms with Gasteiger partial charge in [0.15, 0.2) is 0 Å². The number of benzene rings is 3. The summed E-state index contributed by atoms with van der Waals surface area (Å²) in [6, 6.07) is 16.6. The normalized spacial score (nSPS) is 9.14. The maximum atomic E-state index is 10.4. The van der Waals surface area contributed by atoms with Crippen LogP contribution in [0.15, 0.2) is 72.8 Å². The van der Waals surface area contributed by atoms with E-state index in [0.717, 1.165) is 6.07 Å². The number of aromatic carboxylic acids is 2. The van der Waals surface area contributed by atoms with Crippen LogP contribution in [0, 0.1) is 0 Å². The van der Waals surface area contributed by atoms with E-state index in [1.165, 1.54) is 66.7 Å². The van der Waals surface area contributed by atoms with E-state index in [9.17, 15) is 9.59 Å². The highest BCUT2D eigenvalue weighted by molar-refractivity contribution is 5.93. The zero-order valence-corrected chi connectivity index (χ0v) is 14.4. The summed E-state index contributed by atoms with van der Waals surface area (Å²) >= 11 is 0. The van der Waals surface area contributed by atoms with Gasteiger partial charge in [-0.3, -0.25) is 0 Å².